The summed E-state index contributed by atoms with van der Waals surface area (Å²) in [7, 11) is 0. The maximum atomic E-state index is 12.5. The number of aliphatic hydroxyl groups excluding tert-OH is 11. The Kier molecular flexibility index (Phi) is 39.5. The molecular formula is C51H95N3O29. The second-order valence-corrected chi connectivity index (χ2v) is 20.0. The zero-order chi connectivity index (χ0) is 60.8. The zero-order valence-electron chi connectivity index (χ0n) is 47.6. The molecular weight excluding hydrogens is 1120 g/mol. The van der Waals surface area contributed by atoms with E-state index in [1.54, 1.807) is 6.92 Å². The summed E-state index contributed by atoms with van der Waals surface area (Å²) in [6.45, 7) is 5.73. The Morgan fingerprint density at radius 3 is 0.964 bits per heavy atom. The van der Waals surface area contributed by atoms with E-state index in [9.17, 15) is 70.6 Å². The lowest BCUT2D eigenvalue weighted by atomic mass is 9.92. The first-order valence-corrected chi connectivity index (χ1v) is 28.0. The van der Waals surface area contributed by atoms with Gasteiger partial charge < -0.3 is 143 Å². The molecule has 0 aromatic heterocycles. The van der Waals surface area contributed by atoms with Crippen LogP contribution in [0.5, 0.6) is 0 Å². The Balaban J connectivity index is 1.26. The van der Waals surface area contributed by atoms with E-state index in [1.165, 1.54) is 0 Å². The predicted molar refractivity (Wildman–Crippen MR) is 281 cm³/mol. The first kappa shape index (κ1) is 74.6. The molecule has 32 nitrogen and oxygen atoms in total. The van der Waals surface area contributed by atoms with Gasteiger partial charge in [-0.15, -0.1) is 0 Å². The largest absolute Gasteiger partial charge is 0.394 e. The maximum absolute atomic E-state index is 12.5. The number of amides is 3. The highest BCUT2D eigenvalue weighted by atomic mass is 16.7. The van der Waals surface area contributed by atoms with Crippen LogP contribution < -0.4 is 16.0 Å². The minimum atomic E-state index is -1.54. The normalized spacial score (nSPS) is 29.1. The van der Waals surface area contributed by atoms with Crippen LogP contribution in [0, 0.1) is 11.3 Å². The van der Waals surface area contributed by atoms with Gasteiger partial charge in [-0.05, 0) is 0 Å². The number of rotatable bonds is 48. The number of nitrogens with one attached hydrogen (secondary N) is 3. The fraction of sp³-hybridized carbons (Fsp3) is 0.941. The topological polar surface area (TPSA) is 448 Å². The quantitative estimate of drug-likeness (QED) is 0.0252. The third-order valence-electron chi connectivity index (χ3n) is 13.0. The average Bonchev–Trinajstić information content (AvgIpc) is 3.66. The molecule has 0 saturated carbocycles. The lowest BCUT2D eigenvalue weighted by Crippen LogP contribution is -2.59. The molecule has 3 aliphatic heterocycles. The van der Waals surface area contributed by atoms with E-state index in [0.29, 0.717) is 0 Å². The Hall–Kier alpha value is -2.63. The lowest BCUT2D eigenvalue weighted by molar-refractivity contribution is -0.302. The summed E-state index contributed by atoms with van der Waals surface area (Å²) in [6.07, 6.45) is -17.7. The third-order valence-corrected chi connectivity index (χ3v) is 13.0. The smallest absolute Gasteiger partial charge is 0.222 e. The molecule has 15 atom stereocenters. The summed E-state index contributed by atoms with van der Waals surface area (Å²) in [4.78, 5) is 37.5. The van der Waals surface area contributed by atoms with Gasteiger partial charge in [0.2, 0.25) is 17.7 Å². The molecule has 3 fully saturated rings. The Bertz CT molecular complexity index is 1500. The summed E-state index contributed by atoms with van der Waals surface area (Å²) < 4.78 is 82.8. The monoisotopic (exact) mass is 1210 g/mol. The second-order valence-electron chi connectivity index (χ2n) is 20.0. The molecule has 3 heterocycles. The van der Waals surface area contributed by atoms with Crippen molar-refractivity contribution in [1.29, 1.82) is 0 Å². The minimum Gasteiger partial charge on any atom is -0.394 e. The van der Waals surface area contributed by atoms with Crippen LogP contribution in [0.25, 0.3) is 0 Å². The molecule has 0 spiro atoms. The molecule has 0 bridgehead atoms. The van der Waals surface area contributed by atoms with Gasteiger partial charge in [-0.25, -0.2) is 0 Å². The summed E-state index contributed by atoms with van der Waals surface area (Å²) in [6, 6.07) is 0. The summed E-state index contributed by atoms with van der Waals surface area (Å²) in [5, 5.41) is 116. The van der Waals surface area contributed by atoms with E-state index in [4.69, 9.17) is 71.1 Å². The van der Waals surface area contributed by atoms with Crippen molar-refractivity contribution < 1.29 is 142 Å². The molecule has 32 heteroatoms. The highest BCUT2D eigenvalue weighted by Crippen LogP contribution is 2.27. The Labute approximate surface area is 483 Å². The van der Waals surface area contributed by atoms with Crippen LogP contribution in [0.3, 0.4) is 0 Å². The molecule has 3 aliphatic rings. The van der Waals surface area contributed by atoms with Gasteiger partial charge in [0.25, 0.3) is 0 Å². The van der Waals surface area contributed by atoms with E-state index in [1.807, 2.05) is 6.92 Å². The van der Waals surface area contributed by atoms with E-state index in [0.717, 1.165) is 0 Å². The number of carbonyl (C=O) groups is 3. The van der Waals surface area contributed by atoms with Crippen LogP contribution in [0.4, 0.5) is 0 Å². The van der Waals surface area contributed by atoms with Crippen molar-refractivity contribution >= 4 is 17.7 Å². The Morgan fingerprint density at radius 2 is 0.639 bits per heavy atom. The number of hydrogen-bond acceptors (Lipinski definition) is 29. The number of carbonyl (C=O) groups excluding carboxylic acids is 3. The summed E-state index contributed by atoms with van der Waals surface area (Å²) in [5.41, 5.74) is -0.744. The Morgan fingerprint density at radius 1 is 0.361 bits per heavy atom. The van der Waals surface area contributed by atoms with Gasteiger partial charge in [-0.3, -0.25) is 14.4 Å². The number of hydrogen-bond donors (Lipinski definition) is 14. The maximum Gasteiger partial charge on any atom is 0.222 e. The molecule has 488 valence electrons. The van der Waals surface area contributed by atoms with Crippen molar-refractivity contribution in [1.82, 2.24) is 16.0 Å². The SMILES string of the molecule is CC1C(O)[C@H](O)C(CO)O[C@@H]1OCCOCCOCCNC(=O)CCOCC(C)(COCCC(=O)NCCOCCOCCO[C@H]1OC(CO)[C@@H](O)C(O)C1O)COCCC(=O)NCCOCCOCCO[C@H]1OC(CO)[C@@H](O)C(O)C1O. The fourth-order valence-electron chi connectivity index (χ4n) is 8.08. The van der Waals surface area contributed by atoms with Crippen molar-refractivity contribution in [2.45, 2.75) is 119 Å². The van der Waals surface area contributed by atoms with Crippen molar-refractivity contribution in [3.63, 3.8) is 0 Å². The van der Waals surface area contributed by atoms with Crippen molar-refractivity contribution in [3.8, 4) is 0 Å². The molecule has 3 amide bonds. The molecule has 9 unspecified atom stereocenters. The molecule has 14 N–H and O–H groups in total. The van der Waals surface area contributed by atoms with Crippen molar-refractivity contribution in [2.75, 3.05) is 178 Å². The van der Waals surface area contributed by atoms with E-state index >= 15 is 0 Å². The molecule has 0 radical (unpaired) electrons. The highest BCUT2D eigenvalue weighted by Gasteiger charge is 2.46. The van der Waals surface area contributed by atoms with E-state index in [2.05, 4.69) is 16.0 Å². The van der Waals surface area contributed by atoms with Gasteiger partial charge in [0.1, 0.15) is 61.0 Å². The molecule has 3 saturated heterocycles. The standard InChI is InChI=1S/C51H95N3O29/c1-33-40(61)41(62)34(27-55)81-48(33)78-24-21-72-18-15-69-12-6-52-37(58)3-9-75-30-51(2,31-76-10-4-38(59)53-7-13-70-16-19-73-22-25-79-49-46(67)44(65)42(63)35(28-56)82-49)32-77-11-5-39(60)54-8-14-71-17-20-74-23-26-80-50-47(68)45(66)43(64)36(29-57)83-50/h33-36,40-50,55-57,61-68H,3-32H2,1-2H3,(H,52,58)(H,53,59)(H,54,60)/t33?,34?,35?,36?,40?,41-,42-,43-,44?,45?,46?,47?,48+,49+,50+,51?/m1/s1. The van der Waals surface area contributed by atoms with Gasteiger partial charge in [0.05, 0.1) is 165 Å². The van der Waals surface area contributed by atoms with Crippen LogP contribution >= 0.6 is 0 Å². The van der Waals surface area contributed by atoms with Crippen LogP contribution in [-0.4, -0.2) is 338 Å². The molecule has 3 rings (SSSR count). The summed E-state index contributed by atoms with van der Waals surface area (Å²) >= 11 is 0. The average molecular weight is 1210 g/mol. The third kappa shape index (κ3) is 29.8. The highest BCUT2D eigenvalue weighted by molar-refractivity contribution is 5.76. The van der Waals surface area contributed by atoms with Gasteiger partial charge in [0.15, 0.2) is 18.9 Å². The predicted octanol–water partition coefficient (Wildman–Crippen LogP) is -7.61. The lowest BCUT2D eigenvalue weighted by Gasteiger charge is -2.40. The van der Waals surface area contributed by atoms with Crippen LogP contribution in [0.2, 0.25) is 0 Å². The number of ether oxygens (including phenoxy) is 15. The van der Waals surface area contributed by atoms with Gasteiger partial charge in [-0.1, -0.05) is 13.8 Å². The molecule has 0 aliphatic carbocycles. The minimum absolute atomic E-state index is 0.00713. The van der Waals surface area contributed by atoms with Gasteiger partial charge in [0, 0.05) is 50.2 Å². The molecule has 83 heavy (non-hydrogen) atoms. The first-order chi connectivity index (χ1) is 40.0. The van der Waals surface area contributed by atoms with Crippen LogP contribution in [0.15, 0.2) is 0 Å². The van der Waals surface area contributed by atoms with E-state index < -0.39 is 117 Å². The van der Waals surface area contributed by atoms with Crippen LogP contribution in [0.1, 0.15) is 33.1 Å². The van der Waals surface area contributed by atoms with Gasteiger partial charge >= 0.3 is 0 Å². The van der Waals surface area contributed by atoms with Gasteiger partial charge in [-0.2, -0.15) is 0 Å². The van der Waals surface area contributed by atoms with E-state index in [-0.39, 0.29) is 195 Å². The molecule has 0 aromatic carbocycles. The first-order valence-electron chi connectivity index (χ1n) is 28.0. The molecule has 0 aromatic rings. The number of aliphatic hydroxyl groups is 11. The zero-order valence-corrected chi connectivity index (χ0v) is 47.6. The summed E-state index contributed by atoms with van der Waals surface area (Å²) in [5.74, 6) is -1.32. The second kappa shape index (κ2) is 43.9. The van der Waals surface area contributed by atoms with Crippen LogP contribution in [-0.2, 0) is 85.4 Å². The van der Waals surface area contributed by atoms with Crippen molar-refractivity contribution in [2.24, 2.45) is 11.3 Å². The fourth-order valence-corrected chi connectivity index (χ4v) is 8.08. The van der Waals surface area contributed by atoms with Crippen molar-refractivity contribution in [3.05, 3.63) is 0 Å².